The van der Waals surface area contributed by atoms with Crippen molar-refractivity contribution in [2.24, 2.45) is 28.8 Å². The quantitative estimate of drug-likeness (QED) is 0.432. The van der Waals surface area contributed by atoms with Gasteiger partial charge in [0.2, 0.25) is 0 Å². The molecule has 1 aromatic rings. The lowest BCUT2D eigenvalue weighted by Crippen LogP contribution is -2.38. The summed E-state index contributed by atoms with van der Waals surface area (Å²) in [6.07, 6.45) is 7.30. The third kappa shape index (κ3) is 3.37. The summed E-state index contributed by atoms with van der Waals surface area (Å²) < 4.78 is 10.4. The van der Waals surface area contributed by atoms with Crippen LogP contribution in [0.2, 0.25) is 5.02 Å². The van der Waals surface area contributed by atoms with Gasteiger partial charge in [-0.05, 0) is 42.4 Å². The number of hydrogen-bond donors (Lipinski definition) is 1. The van der Waals surface area contributed by atoms with Gasteiger partial charge in [0, 0.05) is 0 Å². The van der Waals surface area contributed by atoms with Crippen LogP contribution in [-0.4, -0.2) is 47.8 Å². The van der Waals surface area contributed by atoms with Crippen molar-refractivity contribution in [3.8, 4) is 11.5 Å². The molecule has 1 saturated heterocycles. The number of aliphatic carboxylic acids is 1. The van der Waals surface area contributed by atoms with Crippen LogP contribution in [0.1, 0.15) is 18.4 Å². The molecule has 1 heterocycles. The van der Waals surface area contributed by atoms with Crippen LogP contribution in [0.3, 0.4) is 0 Å². The van der Waals surface area contributed by atoms with Gasteiger partial charge in [-0.25, -0.2) is 4.79 Å². The van der Waals surface area contributed by atoms with Crippen molar-refractivity contribution in [2.45, 2.75) is 12.8 Å². The normalized spacial score (nSPS) is 27.6. The fraction of sp³-hybridized carbons (Fsp3) is 0.400. The maximum absolute atomic E-state index is 12.8. The Hall–Kier alpha value is -2.87. The summed E-state index contributed by atoms with van der Waals surface area (Å²) in [5.41, 5.74) is 0.478. The van der Waals surface area contributed by atoms with Gasteiger partial charge in [-0.2, -0.15) is 10.1 Å². The highest BCUT2D eigenvalue weighted by Crippen LogP contribution is 2.49. The first-order valence-electron chi connectivity index (χ1n) is 9.23. The molecule has 2 amide bonds. The Bertz CT molecular complexity index is 911. The Labute approximate surface area is 171 Å². The van der Waals surface area contributed by atoms with Crippen LogP contribution < -0.4 is 9.47 Å². The van der Waals surface area contributed by atoms with Crippen molar-refractivity contribution in [3.05, 3.63) is 34.9 Å². The van der Waals surface area contributed by atoms with Gasteiger partial charge < -0.3 is 14.6 Å². The molecule has 0 unspecified atom stereocenters. The highest BCUT2D eigenvalue weighted by Gasteiger charge is 2.56. The van der Waals surface area contributed by atoms with E-state index in [2.05, 4.69) is 5.10 Å². The van der Waals surface area contributed by atoms with Crippen molar-refractivity contribution in [2.75, 3.05) is 13.7 Å². The molecule has 1 aliphatic heterocycles. The molecule has 1 saturated carbocycles. The third-order valence-corrected chi connectivity index (χ3v) is 5.93. The number of allylic oxidation sites excluding steroid dienone is 2. The number of carbonyl (C=O) groups excluding carboxylic acids is 2. The van der Waals surface area contributed by atoms with E-state index in [9.17, 15) is 14.4 Å². The van der Waals surface area contributed by atoms with E-state index in [0.29, 0.717) is 5.56 Å². The first-order chi connectivity index (χ1) is 13.9. The van der Waals surface area contributed by atoms with Gasteiger partial charge in [0.15, 0.2) is 18.1 Å². The Balaban J connectivity index is 1.56. The zero-order valence-corrected chi connectivity index (χ0v) is 16.3. The largest absolute Gasteiger partial charge is 0.493 e. The number of carboxylic acid groups (broad SMARTS) is 1. The number of halogens is 1. The van der Waals surface area contributed by atoms with Crippen LogP contribution in [0.25, 0.3) is 0 Å². The number of imide groups is 1. The maximum Gasteiger partial charge on any atom is 0.341 e. The smallest absolute Gasteiger partial charge is 0.341 e. The Morgan fingerprint density at radius 1 is 1.24 bits per heavy atom. The highest BCUT2D eigenvalue weighted by atomic mass is 35.5. The van der Waals surface area contributed by atoms with E-state index in [1.54, 1.807) is 0 Å². The highest BCUT2D eigenvalue weighted by molar-refractivity contribution is 6.32. The molecule has 2 bridgehead atoms. The van der Waals surface area contributed by atoms with E-state index in [4.69, 9.17) is 26.2 Å². The van der Waals surface area contributed by atoms with Gasteiger partial charge in [0.25, 0.3) is 11.8 Å². The van der Waals surface area contributed by atoms with E-state index >= 15 is 0 Å². The number of nitrogens with zero attached hydrogens (tertiary/aromatic N) is 2. The van der Waals surface area contributed by atoms with Gasteiger partial charge in [-0.15, -0.1) is 0 Å². The number of hydrogen-bond acceptors (Lipinski definition) is 6. The van der Waals surface area contributed by atoms with Crippen molar-refractivity contribution in [3.63, 3.8) is 0 Å². The SMILES string of the molecule is COc1cc(/C=N\N2C(=O)[C@@H]3[C@@H](C2=O)[C@H]2C=C[C@@H]3CC2)cc(Cl)c1OCC(=O)O. The van der Waals surface area contributed by atoms with Crippen LogP contribution in [0.15, 0.2) is 29.4 Å². The lowest BCUT2D eigenvalue weighted by atomic mass is 9.63. The summed E-state index contributed by atoms with van der Waals surface area (Å²) in [4.78, 5) is 36.3. The lowest BCUT2D eigenvalue weighted by Gasteiger charge is -2.37. The Morgan fingerprint density at radius 3 is 2.38 bits per heavy atom. The van der Waals surface area contributed by atoms with Gasteiger partial charge in [-0.3, -0.25) is 9.59 Å². The predicted molar refractivity (Wildman–Crippen MR) is 103 cm³/mol. The summed E-state index contributed by atoms with van der Waals surface area (Å²) in [6, 6.07) is 3.03. The number of fused-ring (bicyclic) bond motifs is 1. The second-order valence-corrected chi connectivity index (χ2v) is 7.70. The second kappa shape index (κ2) is 7.51. The van der Waals surface area contributed by atoms with E-state index in [0.717, 1.165) is 17.9 Å². The first kappa shape index (κ1) is 19.4. The zero-order valence-electron chi connectivity index (χ0n) is 15.6. The molecule has 9 heteroatoms. The average molecular weight is 419 g/mol. The number of carbonyl (C=O) groups is 3. The number of methoxy groups -OCH3 is 1. The van der Waals surface area contributed by atoms with E-state index in [1.807, 2.05) is 12.2 Å². The Morgan fingerprint density at radius 2 is 1.86 bits per heavy atom. The minimum Gasteiger partial charge on any atom is -0.493 e. The third-order valence-electron chi connectivity index (χ3n) is 5.65. The fourth-order valence-corrected chi connectivity index (χ4v) is 4.66. The Kier molecular flexibility index (Phi) is 5.04. The molecule has 152 valence electrons. The fourth-order valence-electron chi connectivity index (χ4n) is 4.38. The summed E-state index contributed by atoms with van der Waals surface area (Å²) in [6.45, 7) is -0.570. The molecule has 1 N–H and O–H groups in total. The topological polar surface area (TPSA) is 106 Å². The molecular formula is C20H19ClN2O6. The summed E-state index contributed by atoms with van der Waals surface area (Å²) in [5, 5.41) is 14.0. The number of ether oxygens (including phenoxy) is 2. The summed E-state index contributed by atoms with van der Waals surface area (Å²) in [7, 11) is 1.39. The molecule has 4 aliphatic rings. The first-order valence-corrected chi connectivity index (χ1v) is 9.60. The van der Waals surface area contributed by atoms with E-state index in [1.165, 1.54) is 25.5 Å². The van der Waals surface area contributed by atoms with Crippen molar-refractivity contribution >= 4 is 35.6 Å². The van der Waals surface area contributed by atoms with Crippen LogP contribution in [0.5, 0.6) is 11.5 Å². The molecule has 5 rings (SSSR count). The minimum atomic E-state index is -1.15. The van der Waals surface area contributed by atoms with Crippen molar-refractivity contribution < 1.29 is 29.0 Å². The molecule has 0 aromatic heterocycles. The number of benzene rings is 1. The maximum atomic E-state index is 12.8. The molecule has 2 fully saturated rings. The van der Waals surface area contributed by atoms with E-state index in [-0.39, 0.29) is 52.0 Å². The van der Waals surface area contributed by atoms with Crippen LogP contribution in [0, 0.1) is 23.7 Å². The van der Waals surface area contributed by atoms with Crippen LogP contribution in [0.4, 0.5) is 0 Å². The van der Waals surface area contributed by atoms with Crippen molar-refractivity contribution in [1.29, 1.82) is 0 Å². The minimum absolute atomic E-state index is 0.0933. The molecule has 8 nitrogen and oxygen atoms in total. The summed E-state index contributed by atoms with van der Waals surface area (Å²) in [5.74, 6) is -1.83. The molecule has 0 spiro atoms. The second-order valence-electron chi connectivity index (χ2n) is 7.29. The van der Waals surface area contributed by atoms with Crippen molar-refractivity contribution in [1.82, 2.24) is 5.01 Å². The van der Waals surface area contributed by atoms with Crippen LogP contribution >= 0.6 is 11.6 Å². The molecule has 1 aromatic carbocycles. The number of carboxylic acids is 1. The van der Waals surface area contributed by atoms with Gasteiger partial charge in [0.05, 0.1) is 30.2 Å². The monoisotopic (exact) mass is 418 g/mol. The number of amides is 2. The van der Waals surface area contributed by atoms with Gasteiger partial charge >= 0.3 is 5.97 Å². The molecular weight excluding hydrogens is 400 g/mol. The zero-order chi connectivity index (χ0) is 20.7. The summed E-state index contributed by atoms with van der Waals surface area (Å²) >= 11 is 6.18. The van der Waals surface area contributed by atoms with Gasteiger partial charge in [-0.1, -0.05) is 23.8 Å². The lowest BCUT2D eigenvalue weighted by molar-refractivity contribution is -0.141. The van der Waals surface area contributed by atoms with Crippen LogP contribution in [-0.2, 0) is 14.4 Å². The predicted octanol–water partition coefficient (Wildman–Crippen LogP) is 2.34. The molecule has 3 aliphatic carbocycles. The average Bonchev–Trinajstić information content (AvgIpc) is 2.98. The number of rotatable bonds is 6. The standard InChI is InChI=1S/C20H19ClN2O6/c1-28-14-7-10(6-13(21)18(14)29-9-15(24)25)8-22-23-19(26)16-11-2-3-12(5-4-11)17(16)20(23)27/h2-3,6-8,11-12,16-17H,4-5,9H2,1H3,(H,24,25)/b22-8-/t11-,12+,16-,17-/m0/s1. The number of hydrazone groups is 1. The van der Waals surface area contributed by atoms with Gasteiger partial charge in [0.1, 0.15) is 0 Å². The molecule has 29 heavy (non-hydrogen) atoms. The molecule has 4 atom stereocenters. The van der Waals surface area contributed by atoms with E-state index < -0.39 is 12.6 Å². The molecule has 0 radical (unpaired) electrons.